The largest absolute Gasteiger partial charge is 0.497 e. The van der Waals surface area contributed by atoms with Crippen LogP contribution < -0.4 is 4.74 Å². The monoisotopic (exact) mass is 306 g/mol. The Balaban J connectivity index is 2.06. The Hall–Kier alpha value is -2.08. The number of aromatic nitrogens is 4. The number of fused-ring (bicyclic) bond motifs is 1. The van der Waals surface area contributed by atoms with Gasteiger partial charge < -0.3 is 13.8 Å². The number of methoxy groups -OCH3 is 1. The van der Waals surface area contributed by atoms with Crippen LogP contribution in [0.4, 0.5) is 0 Å². The topological polar surface area (TPSA) is 66.0 Å². The summed E-state index contributed by atoms with van der Waals surface area (Å²) >= 11 is 5.87. The van der Waals surface area contributed by atoms with Crippen molar-refractivity contribution in [2.75, 3.05) is 13.0 Å². The number of rotatable bonds is 5. The standard InChI is InChI=1S/C14H15ClN4O2/c1-9-16-13(18-21-9)8-19-12-4-3-10(20-2)7-11(12)17-14(19)5-6-15/h3-4,7H,5-6,8H2,1-2H3. The first kappa shape index (κ1) is 13.9. The highest BCUT2D eigenvalue weighted by Gasteiger charge is 2.14. The van der Waals surface area contributed by atoms with Gasteiger partial charge in [0.25, 0.3) is 0 Å². The van der Waals surface area contributed by atoms with Crippen LogP contribution in [0.5, 0.6) is 5.75 Å². The van der Waals surface area contributed by atoms with Crippen LogP contribution in [0.1, 0.15) is 17.5 Å². The molecule has 2 aromatic heterocycles. The smallest absolute Gasteiger partial charge is 0.223 e. The average Bonchev–Trinajstić information content (AvgIpc) is 3.04. The second kappa shape index (κ2) is 5.73. The fourth-order valence-corrected chi connectivity index (χ4v) is 2.45. The molecule has 0 aliphatic heterocycles. The quantitative estimate of drug-likeness (QED) is 0.678. The summed E-state index contributed by atoms with van der Waals surface area (Å²) in [7, 11) is 1.64. The number of halogens is 1. The maximum absolute atomic E-state index is 5.87. The lowest BCUT2D eigenvalue weighted by atomic mass is 10.3. The number of nitrogens with zero attached hydrogens (tertiary/aromatic N) is 4. The first-order chi connectivity index (χ1) is 10.2. The SMILES string of the molecule is COc1ccc2c(c1)nc(CCCl)n2Cc1noc(C)n1. The molecule has 0 spiro atoms. The summed E-state index contributed by atoms with van der Waals surface area (Å²) in [4.78, 5) is 8.87. The van der Waals surface area contributed by atoms with Crippen LogP contribution in [-0.2, 0) is 13.0 Å². The number of ether oxygens (including phenoxy) is 1. The van der Waals surface area contributed by atoms with Crippen LogP contribution in [0.2, 0.25) is 0 Å². The van der Waals surface area contributed by atoms with E-state index in [1.807, 2.05) is 18.2 Å². The first-order valence-electron chi connectivity index (χ1n) is 6.59. The van der Waals surface area contributed by atoms with E-state index in [9.17, 15) is 0 Å². The summed E-state index contributed by atoms with van der Waals surface area (Å²) in [6.45, 7) is 2.28. The average molecular weight is 307 g/mol. The second-order valence-corrected chi connectivity index (χ2v) is 5.02. The molecule has 1 aromatic carbocycles. The molecule has 7 heteroatoms. The number of benzene rings is 1. The van der Waals surface area contributed by atoms with Gasteiger partial charge in [0.05, 0.1) is 24.7 Å². The Morgan fingerprint density at radius 2 is 2.19 bits per heavy atom. The molecule has 3 aromatic rings. The second-order valence-electron chi connectivity index (χ2n) is 4.64. The fourth-order valence-electron chi connectivity index (χ4n) is 2.29. The minimum absolute atomic E-state index is 0.506. The maximum atomic E-state index is 5.87. The predicted octanol–water partition coefficient (Wildman–Crippen LogP) is 2.57. The molecule has 0 unspecified atom stereocenters. The Labute approximate surface area is 126 Å². The molecule has 0 bridgehead atoms. The van der Waals surface area contributed by atoms with Crippen molar-refractivity contribution in [1.29, 1.82) is 0 Å². The van der Waals surface area contributed by atoms with Crippen molar-refractivity contribution in [2.45, 2.75) is 19.9 Å². The summed E-state index contributed by atoms with van der Waals surface area (Å²) in [5.41, 5.74) is 1.87. The fraction of sp³-hybridized carbons (Fsp3) is 0.357. The van der Waals surface area contributed by atoms with Gasteiger partial charge in [0, 0.05) is 25.3 Å². The highest BCUT2D eigenvalue weighted by molar-refractivity contribution is 6.17. The normalized spacial score (nSPS) is 11.2. The van der Waals surface area contributed by atoms with Crippen LogP contribution in [0.3, 0.4) is 0 Å². The first-order valence-corrected chi connectivity index (χ1v) is 7.13. The lowest BCUT2D eigenvalue weighted by molar-refractivity contribution is 0.386. The van der Waals surface area contributed by atoms with Gasteiger partial charge in [-0.1, -0.05) is 5.16 Å². The van der Waals surface area contributed by atoms with Crippen molar-refractivity contribution in [1.82, 2.24) is 19.7 Å². The molecule has 2 heterocycles. The Morgan fingerprint density at radius 1 is 1.33 bits per heavy atom. The van der Waals surface area contributed by atoms with E-state index >= 15 is 0 Å². The summed E-state index contributed by atoms with van der Waals surface area (Å²) in [5.74, 6) is 3.36. The summed E-state index contributed by atoms with van der Waals surface area (Å²) in [6.07, 6.45) is 0.676. The molecule has 6 nitrogen and oxygen atoms in total. The molecule has 0 atom stereocenters. The molecule has 3 rings (SSSR count). The molecule has 0 aliphatic rings. The van der Waals surface area contributed by atoms with Crippen molar-refractivity contribution in [3.8, 4) is 5.75 Å². The molecule has 110 valence electrons. The van der Waals surface area contributed by atoms with Gasteiger partial charge in [0.2, 0.25) is 5.89 Å². The van der Waals surface area contributed by atoms with Crippen molar-refractivity contribution < 1.29 is 9.26 Å². The van der Waals surface area contributed by atoms with Crippen molar-refractivity contribution in [3.05, 3.63) is 35.7 Å². The molecule has 0 N–H and O–H groups in total. The molecule has 0 saturated heterocycles. The number of alkyl halides is 1. The van der Waals surface area contributed by atoms with Gasteiger partial charge in [-0.3, -0.25) is 0 Å². The summed E-state index contributed by atoms with van der Waals surface area (Å²) < 4.78 is 12.3. The molecule has 0 fully saturated rings. The lowest BCUT2D eigenvalue weighted by Crippen LogP contribution is -2.07. The van der Waals surface area contributed by atoms with Gasteiger partial charge in [0.15, 0.2) is 5.82 Å². The van der Waals surface area contributed by atoms with E-state index in [1.165, 1.54) is 0 Å². The Morgan fingerprint density at radius 3 is 2.86 bits per heavy atom. The molecule has 0 saturated carbocycles. The molecular formula is C14H15ClN4O2. The lowest BCUT2D eigenvalue weighted by Gasteiger charge is -2.05. The zero-order valence-corrected chi connectivity index (χ0v) is 12.6. The third-order valence-corrected chi connectivity index (χ3v) is 3.41. The third kappa shape index (κ3) is 2.71. The predicted molar refractivity (Wildman–Crippen MR) is 78.8 cm³/mol. The van der Waals surface area contributed by atoms with Crippen LogP contribution >= 0.6 is 11.6 Å². The minimum atomic E-state index is 0.506. The van der Waals surface area contributed by atoms with Crippen LogP contribution in [0, 0.1) is 6.92 Å². The van der Waals surface area contributed by atoms with Crippen molar-refractivity contribution in [3.63, 3.8) is 0 Å². The minimum Gasteiger partial charge on any atom is -0.497 e. The Kier molecular flexibility index (Phi) is 3.79. The van der Waals surface area contributed by atoms with Crippen LogP contribution in [0.15, 0.2) is 22.7 Å². The van der Waals surface area contributed by atoms with Gasteiger partial charge in [-0.05, 0) is 12.1 Å². The van der Waals surface area contributed by atoms with E-state index in [0.29, 0.717) is 30.6 Å². The molecule has 21 heavy (non-hydrogen) atoms. The maximum Gasteiger partial charge on any atom is 0.223 e. The van der Waals surface area contributed by atoms with Crippen LogP contribution in [-0.4, -0.2) is 32.7 Å². The zero-order chi connectivity index (χ0) is 14.8. The number of hydrogen-bond donors (Lipinski definition) is 0. The highest BCUT2D eigenvalue weighted by atomic mass is 35.5. The number of hydrogen-bond acceptors (Lipinski definition) is 5. The van der Waals surface area contributed by atoms with E-state index in [2.05, 4.69) is 19.7 Å². The van der Waals surface area contributed by atoms with Gasteiger partial charge in [-0.15, -0.1) is 11.6 Å². The van der Waals surface area contributed by atoms with E-state index < -0.39 is 0 Å². The van der Waals surface area contributed by atoms with Crippen molar-refractivity contribution in [2.24, 2.45) is 0 Å². The molecule has 0 aliphatic carbocycles. The summed E-state index contributed by atoms with van der Waals surface area (Å²) in [6, 6.07) is 5.79. The van der Waals surface area contributed by atoms with Gasteiger partial charge in [0.1, 0.15) is 11.6 Å². The van der Waals surface area contributed by atoms with E-state index in [0.717, 1.165) is 22.6 Å². The summed E-state index contributed by atoms with van der Waals surface area (Å²) in [5, 5.41) is 3.94. The van der Waals surface area contributed by atoms with Gasteiger partial charge >= 0.3 is 0 Å². The van der Waals surface area contributed by atoms with Gasteiger partial charge in [-0.2, -0.15) is 4.98 Å². The van der Waals surface area contributed by atoms with Crippen molar-refractivity contribution >= 4 is 22.6 Å². The number of aryl methyl sites for hydroxylation is 2. The van der Waals surface area contributed by atoms with E-state index in [-0.39, 0.29) is 0 Å². The zero-order valence-electron chi connectivity index (χ0n) is 11.8. The molecule has 0 amide bonds. The van der Waals surface area contributed by atoms with Gasteiger partial charge in [-0.25, -0.2) is 4.98 Å². The van der Waals surface area contributed by atoms with E-state index in [1.54, 1.807) is 14.0 Å². The molecular weight excluding hydrogens is 292 g/mol. The molecule has 0 radical (unpaired) electrons. The Bertz CT molecular complexity index is 766. The van der Waals surface area contributed by atoms with Crippen LogP contribution in [0.25, 0.3) is 11.0 Å². The third-order valence-electron chi connectivity index (χ3n) is 3.22. The number of imidazole rings is 1. The van der Waals surface area contributed by atoms with E-state index in [4.69, 9.17) is 20.9 Å². The highest BCUT2D eigenvalue weighted by Crippen LogP contribution is 2.23.